The van der Waals surface area contributed by atoms with Crippen LogP contribution >= 0.6 is 0 Å². The Hall–Kier alpha value is -1.32. The van der Waals surface area contributed by atoms with Crippen LogP contribution in [0.3, 0.4) is 0 Å². The van der Waals surface area contributed by atoms with Gasteiger partial charge in [0.25, 0.3) is 0 Å². The molecular formula is C15H28N4. The van der Waals surface area contributed by atoms with E-state index in [0.29, 0.717) is 12.0 Å². The van der Waals surface area contributed by atoms with Crippen LogP contribution in [0.1, 0.15) is 51.9 Å². The molecule has 19 heavy (non-hydrogen) atoms. The van der Waals surface area contributed by atoms with Crippen LogP contribution in [0.25, 0.3) is 0 Å². The van der Waals surface area contributed by atoms with Crippen LogP contribution in [0.5, 0.6) is 0 Å². The fourth-order valence-corrected chi connectivity index (χ4v) is 2.10. The monoisotopic (exact) mass is 264 g/mol. The molecule has 0 aromatic carbocycles. The zero-order chi connectivity index (χ0) is 14.4. The van der Waals surface area contributed by atoms with Crippen LogP contribution in [-0.4, -0.2) is 22.6 Å². The Bertz CT molecular complexity index is 401. The number of anilines is 2. The Morgan fingerprint density at radius 1 is 1.05 bits per heavy atom. The van der Waals surface area contributed by atoms with Crippen molar-refractivity contribution in [2.45, 2.75) is 60.4 Å². The summed E-state index contributed by atoms with van der Waals surface area (Å²) in [6, 6.07) is 0.451. The maximum Gasteiger partial charge on any atom is 0.134 e. The fraction of sp³-hybridized carbons (Fsp3) is 0.733. The largest absolute Gasteiger partial charge is 0.370 e. The molecule has 4 nitrogen and oxygen atoms in total. The SMILES string of the molecule is CCCNc1nc(C)nc(NC(CC)C(C)C)c1C. The van der Waals surface area contributed by atoms with Crippen LogP contribution in [0, 0.1) is 19.8 Å². The number of nitrogens with zero attached hydrogens (tertiary/aromatic N) is 2. The first-order valence-corrected chi connectivity index (χ1v) is 7.35. The minimum Gasteiger partial charge on any atom is -0.370 e. The van der Waals surface area contributed by atoms with Gasteiger partial charge in [-0.15, -0.1) is 0 Å². The lowest BCUT2D eigenvalue weighted by atomic mass is 10.0. The third kappa shape index (κ3) is 4.37. The van der Waals surface area contributed by atoms with E-state index in [0.717, 1.165) is 42.4 Å². The standard InChI is InChI=1S/C15H28N4/c1-7-9-16-14-11(5)15(18-12(6)17-14)19-13(8-2)10(3)4/h10,13H,7-9H2,1-6H3,(H2,16,17,18,19). The molecular weight excluding hydrogens is 236 g/mol. The van der Waals surface area contributed by atoms with Crippen molar-refractivity contribution in [1.29, 1.82) is 0 Å². The van der Waals surface area contributed by atoms with E-state index in [2.05, 4.69) is 55.2 Å². The van der Waals surface area contributed by atoms with Crippen molar-refractivity contribution in [2.24, 2.45) is 5.92 Å². The maximum absolute atomic E-state index is 4.55. The van der Waals surface area contributed by atoms with Crippen LogP contribution < -0.4 is 10.6 Å². The molecule has 4 heteroatoms. The van der Waals surface area contributed by atoms with Crippen LogP contribution in [0.2, 0.25) is 0 Å². The Morgan fingerprint density at radius 2 is 1.68 bits per heavy atom. The molecule has 1 aromatic heterocycles. The van der Waals surface area contributed by atoms with Gasteiger partial charge in [-0.1, -0.05) is 27.7 Å². The number of nitrogens with one attached hydrogen (secondary N) is 2. The topological polar surface area (TPSA) is 49.8 Å². The number of hydrogen-bond acceptors (Lipinski definition) is 4. The molecule has 0 saturated carbocycles. The lowest BCUT2D eigenvalue weighted by molar-refractivity contribution is 0.509. The summed E-state index contributed by atoms with van der Waals surface area (Å²) in [5.74, 6) is 3.32. The highest BCUT2D eigenvalue weighted by Gasteiger charge is 2.15. The number of aromatic nitrogens is 2. The molecule has 1 aromatic rings. The van der Waals surface area contributed by atoms with Crippen molar-refractivity contribution >= 4 is 11.6 Å². The molecule has 1 rings (SSSR count). The smallest absolute Gasteiger partial charge is 0.134 e. The van der Waals surface area contributed by atoms with E-state index in [1.165, 1.54) is 0 Å². The summed E-state index contributed by atoms with van der Waals surface area (Å²) in [5, 5.41) is 6.94. The van der Waals surface area contributed by atoms with Gasteiger partial charge in [0.1, 0.15) is 17.5 Å². The van der Waals surface area contributed by atoms with Gasteiger partial charge in [-0.2, -0.15) is 0 Å². The van der Waals surface area contributed by atoms with E-state index >= 15 is 0 Å². The third-order valence-corrected chi connectivity index (χ3v) is 3.37. The molecule has 2 N–H and O–H groups in total. The average Bonchev–Trinajstić information content (AvgIpc) is 2.37. The second-order valence-corrected chi connectivity index (χ2v) is 5.42. The summed E-state index contributed by atoms with van der Waals surface area (Å²) in [6.45, 7) is 13.8. The highest BCUT2D eigenvalue weighted by atomic mass is 15.1. The van der Waals surface area contributed by atoms with Crippen LogP contribution in [0.4, 0.5) is 11.6 Å². The van der Waals surface area contributed by atoms with E-state index in [1.807, 2.05) is 6.92 Å². The molecule has 0 aliphatic heterocycles. The normalized spacial score (nSPS) is 12.6. The first-order chi connectivity index (χ1) is 8.99. The van der Waals surface area contributed by atoms with Gasteiger partial charge in [0.15, 0.2) is 0 Å². The van der Waals surface area contributed by atoms with Crippen LogP contribution in [0.15, 0.2) is 0 Å². The molecule has 0 radical (unpaired) electrons. The highest BCUT2D eigenvalue weighted by molar-refractivity contribution is 5.57. The summed E-state index contributed by atoms with van der Waals surface area (Å²) in [4.78, 5) is 9.04. The summed E-state index contributed by atoms with van der Waals surface area (Å²) >= 11 is 0. The van der Waals surface area contributed by atoms with Crippen molar-refractivity contribution in [1.82, 2.24) is 9.97 Å². The van der Waals surface area contributed by atoms with Gasteiger partial charge in [-0.25, -0.2) is 9.97 Å². The van der Waals surface area contributed by atoms with Gasteiger partial charge in [0.05, 0.1) is 0 Å². The predicted molar refractivity (Wildman–Crippen MR) is 82.8 cm³/mol. The van der Waals surface area contributed by atoms with Crippen molar-refractivity contribution in [3.8, 4) is 0 Å². The number of aryl methyl sites for hydroxylation is 1. The first-order valence-electron chi connectivity index (χ1n) is 7.35. The van der Waals surface area contributed by atoms with Crippen LogP contribution in [-0.2, 0) is 0 Å². The lowest BCUT2D eigenvalue weighted by Gasteiger charge is -2.23. The van der Waals surface area contributed by atoms with Crippen molar-refractivity contribution in [2.75, 3.05) is 17.2 Å². The Morgan fingerprint density at radius 3 is 2.21 bits per heavy atom. The molecule has 0 aliphatic rings. The Kier molecular flexibility index (Phi) is 6.06. The summed E-state index contributed by atoms with van der Waals surface area (Å²) < 4.78 is 0. The van der Waals surface area contributed by atoms with Crippen molar-refractivity contribution in [3.05, 3.63) is 11.4 Å². The van der Waals surface area contributed by atoms with E-state index in [1.54, 1.807) is 0 Å². The van der Waals surface area contributed by atoms with Gasteiger partial charge in [-0.05, 0) is 32.6 Å². The van der Waals surface area contributed by atoms with E-state index < -0.39 is 0 Å². The summed E-state index contributed by atoms with van der Waals surface area (Å²) in [5.41, 5.74) is 1.11. The molecule has 0 spiro atoms. The second kappa shape index (κ2) is 7.31. The Labute approximate surface area is 117 Å². The molecule has 1 unspecified atom stereocenters. The lowest BCUT2D eigenvalue weighted by Crippen LogP contribution is -2.26. The van der Waals surface area contributed by atoms with Gasteiger partial charge in [0, 0.05) is 18.2 Å². The zero-order valence-corrected chi connectivity index (χ0v) is 13.2. The summed E-state index contributed by atoms with van der Waals surface area (Å²) in [6.07, 6.45) is 2.19. The van der Waals surface area contributed by atoms with Gasteiger partial charge in [-0.3, -0.25) is 0 Å². The number of hydrogen-bond donors (Lipinski definition) is 2. The molecule has 0 bridgehead atoms. The van der Waals surface area contributed by atoms with Gasteiger partial charge < -0.3 is 10.6 Å². The van der Waals surface area contributed by atoms with Gasteiger partial charge >= 0.3 is 0 Å². The molecule has 0 amide bonds. The van der Waals surface area contributed by atoms with Crippen molar-refractivity contribution in [3.63, 3.8) is 0 Å². The second-order valence-electron chi connectivity index (χ2n) is 5.42. The minimum absolute atomic E-state index is 0.451. The highest BCUT2D eigenvalue weighted by Crippen LogP contribution is 2.22. The van der Waals surface area contributed by atoms with E-state index in [-0.39, 0.29) is 0 Å². The molecule has 108 valence electrons. The van der Waals surface area contributed by atoms with Gasteiger partial charge in [0.2, 0.25) is 0 Å². The average molecular weight is 264 g/mol. The predicted octanol–water partition coefficient (Wildman–Crippen LogP) is 3.76. The maximum atomic E-state index is 4.55. The molecule has 0 fully saturated rings. The zero-order valence-electron chi connectivity index (χ0n) is 13.2. The molecule has 1 heterocycles. The molecule has 0 saturated heterocycles. The molecule has 0 aliphatic carbocycles. The first kappa shape index (κ1) is 15.7. The quantitative estimate of drug-likeness (QED) is 0.787. The fourth-order valence-electron chi connectivity index (χ4n) is 2.10. The molecule has 1 atom stereocenters. The third-order valence-electron chi connectivity index (χ3n) is 3.37. The summed E-state index contributed by atoms with van der Waals surface area (Å²) in [7, 11) is 0. The number of rotatable bonds is 7. The van der Waals surface area contributed by atoms with E-state index in [9.17, 15) is 0 Å². The van der Waals surface area contributed by atoms with Crippen molar-refractivity contribution < 1.29 is 0 Å². The minimum atomic E-state index is 0.451. The Balaban J connectivity index is 2.96. The van der Waals surface area contributed by atoms with E-state index in [4.69, 9.17) is 0 Å².